The Morgan fingerprint density at radius 1 is 1.24 bits per heavy atom. The summed E-state index contributed by atoms with van der Waals surface area (Å²) < 4.78 is 13.6. The van der Waals surface area contributed by atoms with Crippen LogP contribution in [-0.2, 0) is 11.3 Å². The summed E-state index contributed by atoms with van der Waals surface area (Å²) in [6.07, 6.45) is 3.46. The summed E-state index contributed by atoms with van der Waals surface area (Å²) in [5.74, 6) is -1.39. The topological polar surface area (TPSA) is 43.8 Å². The number of rotatable bonds is 8. The molecular formula is C16H23FN2O2. The smallest absolute Gasteiger partial charge is 0.328 e. The molecule has 0 saturated carbocycles. The number of nitrogens with zero attached hydrogens (tertiary/aromatic N) is 2. The van der Waals surface area contributed by atoms with E-state index in [4.69, 9.17) is 5.11 Å². The lowest BCUT2D eigenvalue weighted by Gasteiger charge is -2.18. The van der Waals surface area contributed by atoms with Gasteiger partial charge in [0.2, 0.25) is 0 Å². The molecule has 21 heavy (non-hydrogen) atoms. The van der Waals surface area contributed by atoms with Gasteiger partial charge >= 0.3 is 5.97 Å². The minimum Gasteiger partial charge on any atom is -0.478 e. The molecule has 1 rings (SSSR count). The highest BCUT2D eigenvalue weighted by molar-refractivity contribution is 5.85. The van der Waals surface area contributed by atoms with Crippen molar-refractivity contribution in [2.45, 2.75) is 13.0 Å². The van der Waals surface area contributed by atoms with Crippen LogP contribution in [0.1, 0.15) is 17.5 Å². The van der Waals surface area contributed by atoms with Crippen molar-refractivity contribution in [3.8, 4) is 0 Å². The minimum atomic E-state index is -1.04. The summed E-state index contributed by atoms with van der Waals surface area (Å²) in [4.78, 5) is 14.8. The van der Waals surface area contributed by atoms with E-state index in [1.807, 2.05) is 27.2 Å². The first-order chi connectivity index (χ1) is 9.86. The van der Waals surface area contributed by atoms with Gasteiger partial charge in [0, 0.05) is 12.6 Å². The molecule has 0 fully saturated rings. The van der Waals surface area contributed by atoms with E-state index in [0.717, 1.165) is 31.1 Å². The zero-order valence-corrected chi connectivity index (χ0v) is 12.8. The summed E-state index contributed by atoms with van der Waals surface area (Å²) in [5, 5.41) is 8.61. The second-order valence-corrected chi connectivity index (χ2v) is 5.46. The van der Waals surface area contributed by atoms with Crippen LogP contribution in [0, 0.1) is 5.82 Å². The first-order valence-electron chi connectivity index (χ1n) is 6.90. The summed E-state index contributed by atoms with van der Waals surface area (Å²) in [6, 6.07) is 4.63. The van der Waals surface area contributed by atoms with Crippen LogP contribution in [0.25, 0.3) is 6.08 Å². The Kier molecular flexibility index (Phi) is 7.05. The van der Waals surface area contributed by atoms with Crippen molar-refractivity contribution >= 4 is 12.0 Å². The third-order valence-electron chi connectivity index (χ3n) is 3.00. The van der Waals surface area contributed by atoms with Gasteiger partial charge in [0.1, 0.15) is 5.82 Å². The van der Waals surface area contributed by atoms with Crippen molar-refractivity contribution in [3.05, 3.63) is 41.2 Å². The Hall–Kier alpha value is -1.72. The molecular weight excluding hydrogens is 271 g/mol. The Labute approximate surface area is 125 Å². The molecule has 0 bridgehead atoms. The van der Waals surface area contributed by atoms with E-state index < -0.39 is 5.97 Å². The van der Waals surface area contributed by atoms with E-state index >= 15 is 0 Å². The molecule has 116 valence electrons. The third kappa shape index (κ3) is 7.58. The van der Waals surface area contributed by atoms with Crippen molar-refractivity contribution in [1.29, 1.82) is 0 Å². The number of hydrogen-bond acceptors (Lipinski definition) is 3. The summed E-state index contributed by atoms with van der Waals surface area (Å²) in [5.41, 5.74) is 1.40. The van der Waals surface area contributed by atoms with Crippen LogP contribution < -0.4 is 0 Å². The van der Waals surface area contributed by atoms with Gasteiger partial charge in [-0.3, -0.25) is 0 Å². The predicted molar refractivity (Wildman–Crippen MR) is 82.6 cm³/mol. The predicted octanol–water partition coefficient (Wildman–Crippen LogP) is 2.31. The van der Waals surface area contributed by atoms with Gasteiger partial charge in [-0.1, -0.05) is 6.07 Å². The van der Waals surface area contributed by atoms with Crippen molar-refractivity contribution in [2.24, 2.45) is 0 Å². The van der Waals surface area contributed by atoms with Gasteiger partial charge in [-0.05, 0) is 70.0 Å². The van der Waals surface area contributed by atoms with Gasteiger partial charge < -0.3 is 14.9 Å². The lowest BCUT2D eigenvalue weighted by molar-refractivity contribution is -0.131. The van der Waals surface area contributed by atoms with Crippen LogP contribution in [0.3, 0.4) is 0 Å². The number of benzene rings is 1. The second-order valence-electron chi connectivity index (χ2n) is 5.46. The van der Waals surface area contributed by atoms with Crippen LogP contribution in [0.5, 0.6) is 0 Å². The van der Waals surface area contributed by atoms with E-state index in [1.54, 1.807) is 0 Å². The maximum atomic E-state index is 13.6. The molecule has 0 unspecified atom stereocenters. The average molecular weight is 294 g/mol. The van der Waals surface area contributed by atoms with Gasteiger partial charge in [0.05, 0.1) is 0 Å². The molecule has 0 amide bonds. The summed E-state index contributed by atoms with van der Waals surface area (Å²) >= 11 is 0. The third-order valence-corrected chi connectivity index (χ3v) is 3.00. The second kappa shape index (κ2) is 8.54. The Bertz CT molecular complexity index is 501. The minimum absolute atomic E-state index is 0.348. The largest absolute Gasteiger partial charge is 0.478 e. The fourth-order valence-electron chi connectivity index (χ4n) is 2.08. The van der Waals surface area contributed by atoms with Crippen molar-refractivity contribution < 1.29 is 14.3 Å². The van der Waals surface area contributed by atoms with Crippen molar-refractivity contribution in [1.82, 2.24) is 9.80 Å². The average Bonchev–Trinajstić information content (AvgIpc) is 2.35. The molecule has 0 aliphatic heterocycles. The van der Waals surface area contributed by atoms with Crippen molar-refractivity contribution in [3.63, 3.8) is 0 Å². The molecule has 1 aromatic carbocycles. The number of halogens is 1. The molecule has 1 N–H and O–H groups in total. The van der Waals surface area contributed by atoms with Crippen LogP contribution in [0.4, 0.5) is 4.39 Å². The molecule has 0 atom stereocenters. The number of carboxylic acid groups (broad SMARTS) is 1. The number of carboxylic acids is 1. The van der Waals surface area contributed by atoms with Gasteiger partial charge in [-0.15, -0.1) is 0 Å². The van der Waals surface area contributed by atoms with E-state index in [-0.39, 0.29) is 5.82 Å². The van der Waals surface area contributed by atoms with Crippen LogP contribution in [-0.4, -0.2) is 55.1 Å². The van der Waals surface area contributed by atoms with Crippen LogP contribution in [0.2, 0.25) is 0 Å². The Morgan fingerprint density at radius 2 is 1.95 bits per heavy atom. The van der Waals surface area contributed by atoms with Crippen molar-refractivity contribution in [2.75, 3.05) is 34.2 Å². The fourth-order valence-corrected chi connectivity index (χ4v) is 2.08. The van der Waals surface area contributed by atoms with Gasteiger partial charge in [-0.25, -0.2) is 9.18 Å². The van der Waals surface area contributed by atoms with Gasteiger partial charge in [0.25, 0.3) is 0 Å². The molecule has 0 spiro atoms. The number of hydrogen-bond donors (Lipinski definition) is 1. The van der Waals surface area contributed by atoms with E-state index in [9.17, 15) is 9.18 Å². The first-order valence-corrected chi connectivity index (χ1v) is 6.90. The van der Waals surface area contributed by atoms with Gasteiger partial charge in [-0.2, -0.15) is 0 Å². The quantitative estimate of drug-likeness (QED) is 0.747. The number of carbonyl (C=O) groups is 1. The SMILES string of the molecule is CN(C)CCCN(C)Cc1cc(F)cc(C=CC(=O)O)c1. The molecule has 1 aromatic rings. The molecule has 0 saturated heterocycles. The Morgan fingerprint density at radius 3 is 2.57 bits per heavy atom. The van der Waals surface area contributed by atoms with Crippen LogP contribution in [0.15, 0.2) is 24.3 Å². The number of aliphatic carboxylic acids is 1. The standard InChI is InChI=1S/C16H23FN2O2/c1-18(2)7-4-8-19(3)12-14-9-13(5-6-16(20)21)10-15(17)11-14/h5-6,9-11H,4,7-8,12H2,1-3H3,(H,20,21). The normalized spacial score (nSPS) is 11.7. The lowest BCUT2D eigenvalue weighted by Crippen LogP contribution is -2.23. The molecule has 0 heterocycles. The summed E-state index contributed by atoms with van der Waals surface area (Å²) in [6.45, 7) is 2.58. The highest BCUT2D eigenvalue weighted by atomic mass is 19.1. The Balaban J connectivity index is 2.63. The molecule has 0 aliphatic rings. The molecule has 0 aliphatic carbocycles. The first kappa shape index (κ1) is 17.3. The molecule has 5 heteroatoms. The van der Waals surface area contributed by atoms with Crippen LogP contribution >= 0.6 is 0 Å². The molecule has 0 aromatic heterocycles. The van der Waals surface area contributed by atoms with E-state index in [1.165, 1.54) is 18.2 Å². The highest BCUT2D eigenvalue weighted by Gasteiger charge is 2.04. The lowest BCUT2D eigenvalue weighted by atomic mass is 10.1. The fraction of sp³-hybridized carbons (Fsp3) is 0.438. The molecule has 0 radical (unpaired) electrons. The molecule has 4 nitrogen and oxygen atoms in total. The van der Waals surface area contributed by atoms with E-state index in [2.05, 4.69) is 9.80 Å². The highest BCUT2D eigenvalue weighted by Crippen LogP contribution is 2.13. The van der Waals surface area contributed by atoms with Gasteiger partial charge in [0.15, 0.2) is 0 Å². The zero-order chi connectivity index (χ0) is 15.8. The maximum Gasteiger partial charge on any atom is 0.328 e. The maximum absolute atomic E-state index is 13.6. The monoisotopic (exact) mass is 294 g/mol. The zero-order valence-electron chi connectivity index (χ0n) is 12.8. The summed E-state index contributed by atoms with van der Waals surface area (Å²) in [7, 11) is 6.06. The van der Waals surface area contributed by atoms with E-state index in [0.29, 0.717) is 12.1 Å².